The standard InChI is InChI=1S/C12H21NO4/c1-11(2,3)17-10(14)13-6-4-12(5-7-13)15-8-9-16-12/h4-9H2,1-3H3. The van der Waals surface area contributed by atoms with E-state index in [0.29, 0.717) is 26.3 Å². The number of hydrogen-bond acceptors (Lipinski definition) is 4. The Morgan fingerprint density at radius 2 is 1.71 bits per heavy atom. The van der Waals surface area contributed by atoms with Crippen LogP contribution in [0.2, 0.25) is 0 Å². The van der Waals surface area contributed by atoms with Gasteiger partial charge in [-0.05, 0) is 20.8 Å². The Morgan fingerprint density at radius 3 is 2.18 bits per heavy atom. The van der Waals surface area contributed by atoms with Crippen molar-refractivity contribution in [2.75, 3.05) is 26.3 Å². The molecule has 17 heavy (non-hydrogen) atoms. The molecule has 2 heterocycles. The molecule has 0 atom stereocenters. The molecule has 0 radical (unpaired) electrons. The van der Waals surface area contributed by atoms with Gasteiger partial charge in [-0.2, -0.15) is 0 Å². The first kappa shape index (κ1) is 12.6. The molecule has 2 aliphatic rings. The molecule has 0 unspecified atom stereocenters. The van der Waals surface area contributed by atoms with Gasteiger partial charge < -0.3 is 19.1 Å². The fourth-order valence-corrected chi connectivity index (χ4v) is 2.14. The smallest absolute Gasteiger partial charge is 0.410 e. The molecule has 0 aromatic heterocycles. The van der Waals surface area contributed by atoms with Crippen LogP contribution >= 0.6 is 0 Å². The Balaban J connectivity index is 1.84. The van der Waals surface area contributed by atoms with Crippen molar-refractivity contribution in [3.8, 4) is 0 Å². The summed E-state index contributed by atoms with van der Waals surface area (Å²) in [6.07, 6.45) is 1.21. The lowest BCUT2D eigenvalue weighted by atomic mass is 10.0. The van der Waals surface area contributed by atoms with E-state index in [-0.39, 0.29) is 6.09 Å². The Labute approximate surface area is 102 Å². The fourth-order valence-electron chi connectivity index (χ4n) is 2.14. The zero-order valence-corrected chi connectivity index (χ0v) is 10.8. The molecule has 2 aliphatic heterocycles. The van der Waals surface area contributed by atoms with Crippen molar-refractivity contribution >= 4 is 6.09 Å². The van der Waals surface area contributed by atoms with Gasteiger partial charge in [-0.1, -0.05) is 0 Å². The maximum absolute atomic E-state index is 11.8. The summed E-state index contributed by atoms with van der Waals surface area (Å²) in [5.74, 6) is -0.432. The van der Waals surface area contributed by atoms with Crippen LogP contribution in [-0.4, -0.2) is 48.7 Å². The van der Waals surface area contributed by atoms with Crippen LogP contribution in [0.15, 0.2) is 0 Å². The van der Waals surface area contributed by atoms with E-state index in [1.807, 2.05) is 20.8 Å². The highest BCUT2D eigenvalue weighted by Crippen LogP contribution is 2.31. The molecule has 0 aliphatic carbocycles. The van der Waals surface area contributed by atoms with E-state index < -0.39 is 11.4 Å². The van der Waals surface area contributed by atoms with Gasteiger partial charge >= 0.3 is 6.09 Å². The lowest BCUT2D eigenvalue weighted by molar-refractivity contribution is -0.183. The first-order chi connectivity index (χ1) is 7.90. The summed E-state index contributed by atoms with van der Waals surface area (Å²) in [7, 11) is 0. The van der Waals surface area contributed by atoms with E-state index >= 15 is 0 Å². The molecule has 1 amide bonds. The highest BCUT2D eigenvalue weighted by atomic mass is 16.7. The van der Waals surface area contributed by atoms with Gasteiger partial charge in [-0.3, -0.25) is 0 Å². The first-order valence-electron chi connectivity index (χ1n) is 6.16. The predicted octanol–water partition coefficient (Wildman–Crippen LogP) is 1.76. The molecule has 98 valence electrons. The molecular weight excluding hydrogens is 222 g/mol. The van der Waals surface area contributed by atoms with Crippen LogP contribution in [0.4, 0.5) is 4.79 Å². The average molecular weight is 243 g/mol. The largest absolute Gasteiger partial charge is 0.444 e. The SMILES string of the molecule is CC(C)(C)OC(=O)N1CCC2(CC1)OCCO2. The van der Waals surface area contributed by atoms with Crippen LogP contribution < -0.4 is 0 Å². The van der Waals surface area contributed by atoms with E-state index in [1.54, 1.807) is 4.90 Å². The summed E-state index contributed by atoms with van der Waals surface area (Å²) >= 11 is 0. The van der Waals surface area contributed by atoms with Crippen LogP contribution in [0, 0.1) is 0 Å². The molecule has 1 spiro atoms. The van der Waals surface area contributed by atoms with Gasteiger partial charge in [-0.25, -0.2) is 4.79 Å². The van der Waals surface area contributed by atoms with Crippen LogP contribution in [0.1, 0.15) is 33.6 Å². The summed E-state index contributed by atoms with van der Waals surface area (Å²) < 4.78 is 16.6. The summed E-state index contributed by atoms with van der Waals surface area (Å²) in [5, 5.41) is 0. The quantitative estimate of drug-likeness (QED) is 0.650. The molecule has 0 aromatic carbocycles. The molecule has 0 aromatic rings. The van der Waals surface area contributed by atoms with Gasteiger partial charge in [0.2, 0.25) is 0 Å². The zero-order chi connectivity index (χ0) is 12.5. The van der Waals surface area contributed by atoms with Crippen molar-refractivity contribution in [2.45, 2.75) is 45.0 Å². The van der Waals surface area contributed by atoms with E-state index in [9.17, 15) is 4.79 Å². The van der Waals surface area contributed by atoms with Crippen LogP contribution in [0.5, 0.6) is 0 Å². The van der Waals surface area contributed by atoms with Crippen molar-refractivity contribution in [1.29, 1.82) is 0 Å². The zero-order valence-electron chi connectivity index (χ0n) is 10.8. The molecular formula is C12H21NO4. The highest BCUT2D eigenvalue weighted by molar-refractivity contribution is 5.68. The van der Waals surface area contributed by atoms with Crippen molar-refractivity contribution in [3.05, 3.63) is 0 Å². The molecule has 0 bridgehead atoms. The molecule has 5 nitrogen and oxygen atoms in total. The minimum Gasteiger partial charge on any atom is -0.444 e. The van der Waals surface area contributed by atoms with E-state index in [1.165, 1.54) is 0 Å². The van der Waals surface area contributed by atoms with Crippen LogP contribution in [-0.2, 0) is 14.2 Å². The summed E-state index contributed by atoms with van der Waals surface area (Å²) in [6, 6.07) is 0. The summed E-state index contributed by atoms with van der Waals surface area (Å²) in [6.45, 7) is 8.21. The third-order valence-corrected chi connectivity index (χ3v) is 2.99. The number of carbonyl (C=O) groups excluding carboxylic acids is 1. The average Bonchev–Trinajstić information content (AvgIpc) is 2.65. The van der Waals surface area contributed by atoms with Crippen LogP contribution in [0.3, 0.4) is 0 Å². The van der Waals surface area contributed by atoms with Crippen molar-refractivity contribution in [1.82, 2.24) is 4.90 Å². The third kappa shape index (κ3) is 3.10. The molecule has 0 N–H and O–H groups in total. The Bertz CT molecular complexity index is 281. The Kier molecular flexibility index (Phi) is 3.32. The fraction of sp³-hybridized carbons (Fsp3) is 0.917. The number of nitrogens with zero attached hydrogens (tertiary/aromatic N) is 1. The van der Waals surface area contributed by atoms with Gasteiger partial charge in [0.1, 0.15) is 5.60 Å². The van der Waals surface area contributed by atoms with Crippen LogP contribution in [0.25, 0.3) is 0 Å². The minimum absolute atomic E-state index is 0.245. The van der Waals surface area contributed by atoms with E-state index in [0.717, 1.165) is 12.8 Å². The third-order valence-electron chi connectivity index (χ3n) is 2.99. The monoisotopic (exact) mass is 243 g/mol. The van der Waals surface area contributed by atoms with Gasteiger partial charge in [0.15, 0.2) is 5.79 Å². The van der Waals surface area contributed by atoms with E-state index in [2.05, 4.69) is 0 Å². The van der Waals surface area contributed by atoms with E-state index in [4.69, 9.17) is 14.2 Å². The Morgan fingerprint density at radius 1 is 1.18 bits per heavy atom. The number of ether oxygens (including phenoxy) is 3. The topological polar surface area (TPSA) is 48.0 Å². The maximum atomic E-state index is 11.8. The molecule has 2 saturated heterocycles. The lowest BCUT2D eigenvalue weighted by Crippen LogP contribution is -2.48. The number of carbonyl (C=O) groups is 1. The number of hydrogen-bond donors (Lipinski definition) is 0. The second-order valence-corrected chi connectivity index (χ2v) is 5.57. The highest BCUT2D eigenvalue weighted by Gasteiger charge is 2.41. The van der Waals surface area contributed by atoms with Gasteiger partial charge in [0, 0.05) is 25.9 Å². The van der Waals surface area contributed by atoms with Crippen molar-refractivity contribution in [2.24, 2.45) is 0 Å². The summed E-state index contributed by atoms with van der Waals surface area (Å²) in [5.41, 5.74) is -0.438. The number of amides is 1. The van der Waals surface area contributed by atoms with Gasteiger partial charge in [0.25, 0.3) is 0 Å². The Hall–Kier alpha value is -0.810. The molecule has 5 heteroatoms. The molecule has 0 saturated carbocycles. The summed E-state index contributed by atoms with van der Waals surface area (Å²) in [4.78, 5) is 13.6. The van der Waals surface area contributed by atoms with Crippen molar-refractivity contribution < 1.29 is 19.0 Å². The van der Waals surface area contributed by atoms with Gasteiger partial charge in [0.05, 0.1) is 13.2 Å². The number of likely N-dealkylation sites (tertiary alicyclic amines) is 1. The van der Waals surface area contributed by atoms with Gasteiger partial charge in [-0.15, -0.1) is 0 Å². The first-order valence-corrected chi connectivity index (χ1v) is 6.16. The number of piperidine rings is 1. The molecule has 2 fully saturated rings. The lowest BCUT2D eigenvalue weighted by Gasteiger charge is -2.37. The molecule has 2 rings (SSSR count). The second kappa shape index (κ2) is 4.46. The predicted molar refractivity (Wildman–Crippen MR) is 61.7 cm³/mol. The number of rotatable bonds is 0. The second-order valence-electron chi connectivity index (χ2n) is 5.57. The van der Waals surface area contributed by atoms with Crippen molar-refractivity contribution in [3.63, 3.8) is 0 Å². The maximum Gasteiger partial charge on any atom is 0.410 e. The minimum atomic E-state index is -0.438. The normalized spacial score (nSPS) is 24.1.